The summed E-state index contributed by atoms with van der Waals surface area (Å²) in [6, 6.07) is 8.56. The Morgan fingerprint density at radius 1 is 1.04 bits per heavy atom. The first kappa shape index (κ1) is 19.3. The van der Waals surface area contributed by atoms with Crippen molar-refractivity contribution < 1.29 is 38.1 Å². The summed E-state index contributed by atoms with van der Waals surface area (Å²) in [6.07, 6.45) is -2.49. The van der Waals surface area contributed by atoms with Crippen LogP contribution in [-0.2, 0) is 33.3 Å². The van der Waals surface area contributed by atoms with E-state index in [2.05, 4.69) is 0 Å². The zero-order valence-corrected chi connectivity index (χ0v) is 15.4. The second-order valence-corrected chi connectivity index (χ2v) is 6.58. The largest absolute Gasteiger partial charge is 0.456 e. The molecule has 1 saturated carbocycles. The molecule has 0 amide bonds. The number of hydrogen-bond acceptors (Lipinski definition) is 8. The molecule has 1 aliphatic heterocycles. The lowest BCUT2D eigenvalue weighted by molar-refractivity contribution is -0.245. The fraction of sp³-hybridized carbons (Fsp3) is 0.526. The zero-order chi connectivity index (χ0) is 19.6. The molecule has 2 fully saturated rings. The Labute approximate surface area is 156 Å². The highest BCUT2D eigenvalue weighted by Gasteiger charge is 2.68. The number of esters is 3. The maximum absolute atomic E-state index is 12.4. The molecule has 3 rings (SSSR count). The minimum atomic E-state index is -1.11. The summed E-state index contributed by atoms with van der Waals surface area (Å²) in [5, 5.41) is 0. The molecule has 0 bridgehead atoms. The highest BCUT2D eigenvalue weighted by Crippen LogP contribution is 2.50. The minimum absolute atomic E-state index is 0.404. The summed E-state index contributed by atoms with van der Waals surface area (Å²) in [4.78, 5) is 35.6. The van der Waals surface area contributed by atoms with Crippen LogP contribution < -0.4 is 0 Å². The third-order valence-corrected chi connectivity index (χ3v) is 4.81. The Morgan fingerprint density at radius 2 is 1.70 bits per heavy atom. The van der Waals surface area contributed by atoms with Gasteiger partial charge in [0.05, 0.1) is 5.56 Å². The molecule has 2 aliphatic rings. The van der Waals surface area contributed by atoms with Crippen molar-refractivity contribution in [2.24, 2.45) is 0 Å². The molecule has 1 unspecified atom stereocenters. The maximum Gasteiger partial charge on any atom is 0.338 e. The standard InChI is InChI=1S/C19H22O8/c1-11(20)24-15-16(25-12(2)21)19(27-18(15)23-3)10-9-14(19)26-17(22)13-7-5-4-6-8-13/h4-8,14-16,18H,9-10H2,1-3H3/t14-,15+,16?,18-,19-/m1/s1. The van der Waals surface area contributed by atoms with E-state index in [0.29, 0.717) is 18.4 Å². The van der Waals surface area contributed by atoms with Crippen LogP contribution in [0.15, 0.2) is 30.3 Å². The van der Waals surface area contributed by atoms with Crippen molar-refractivity contribution in [3.05, 3.63) is 35.9 Å². The Bertz CT molecular complexity index is 718. The van der Waals surface area contributed by atoms with Gasteiger partial charge in [-0.3, -0.25) is 9.59 Å². The van der Waals surface area contributed by atoms with Crippen molar-refractivity contribution in [3.63, 3.8) is 0 Å². The average Bonchev–Trinajstić information content (AvgIpc) is 2.94. The van der Waals surface area contributed by atoms with Gasteiger partial charge in [0.25, 0.3) is 0 Å². The van der Waals surface area contributed by atoms with Crippen molar-refractivity contribution in [3.8, 4) is 0 Å². The van der Waals surface area contributed by atoms with E-state index in [1.54, 1.807) is 30.3 Å². The Balaban J connectivity index is 1.83. The molecule has 27 heavy (non-hydrogen) atoms. The van der Waals surface area contributed by atoms with Gasteiger partial charge in [0.1, 0.15) is 11.7 Å². The van der Waals surface area contributed by atoms with Crippen molar-refractivity contribution in [1.29, 1.82) is 0 Å². The lowest BCUT2D eigenvalue weighted by Crippen LogP contribution is -2.62. The number of hydrogen-bond donors (Lipinski definition) is 0. The van der Waals surface area contributed by atoms with E-state index < -0.39 is 48.1 Å². The van der Waals surface area contributed by atoms with Gasteiger partial charge in [0.2, 0.25) is 0 Å². The van der Waals surface area contributed by atoms with Crippen molar-refractivity contribution in [2.75, 3.05) is 7.11 Å². The number of carbonyl (C=O) groups is 3. The summed E-state index contributed by atoms with van der Waals surface area (Å²) in [6.45, 7) is 2.50. The third-order valence-electron chi connectivity index (χ3n) is 4.81. The lowest BCUT2D eigenvalue weighted by Gasteiger charge is -2.47. The van der Waals surface area contributed by atoms with E-state index in [0.717, 1.165) is 0 Å². The molecular formula is C19H22O8. The first-order chi connectivity index (χ1) is 12.9. The molecule has 1 saturated heterocycles. The summed E-state index contributed by atoms with van der Waals surface area (Å²) in [5.41, 5.74) is -0.710. The first-order valence-corrected chi connectivity index (χ1v) is 8.68. The van der Waals surface area contributed by atoms with E-state index in [1.807, 2.05) is 0 Å². The van der Waals surface area contributed by atoms with Gasteiger partial charge in [-0.05, 0) is 25.0 Å². The number of methoxy groups -OCH3 is 1. The van der Waals surface area contributed by atoms with E-state index >= 15 is 0 Å². The summed E-state index contributed by atoms with van der Waals surface area (Å²) in [5.74, 6) is -1.62. The Hall–Kier alpha value is -2.45. The fourth-order valence-electron chi connectivity index (χ4n) is 3.55. The fourth-order valence-corrected chi connectivity index (χ4v) is 3.55. The maximum atomic E-state index is 12.4. The smallest absolute Gasteiger partial charge is 0.338 e. The van der Waals surface area contributed by atoms with E-state index in [9.17, 15) is 14.4 Å². The van der Waals surface area contributed by atoms with Crippen LogP contribution in [0.3, 0.4) is 0 Å². The average molecular weight is 378 g/mol. The van der Waals surface area contributed by atoms with Crippen LogP contribution in [0.1, 0.15) is 37.0 Å². The molecule has 8 heteroatoms. The highest BCUT2D eigenvalue weighted by atomic mass is 16.7. The van der Waals surface area contributed by atoms with Crippen LogP contribution >= 0.6 is 0 Å². The van der Waals surface area contributed by atoms with Gasteiger partial charge >= 0.3 is 17.9 Å². The molecule has 0 aromatic heterocycles. The molecule has 0 radical (unpaired) electrons. The van der Waals surface area contributed by atoms with Crippen LogP contribution in [0.5, 0.6) is 0 Å². The molecule has 1 spiro atoms. The van der Waals surface area contributed by atoms with E-state index in [4.69, 9.17) is 23.7 Å². The van der Waals surface area contributed by atoms with Crippen LogP contribution in [-0.4, -0.2) is 55.2 Å². The van der Waals surface area contributed by atoms with Crippen LogP contribution in [0.2, 0.25) is 0 Å². The van der Waals surface area contributed by atoms with E-state index in [1.165, 1.54) is 21.0 Å². The molecule has 1 aromatic carbocycles. The SMILES string of the molecule is CO[C@@H]1O[C@@]2(CC[C@H]2OC(=O)c2ccccc2)C(OC(C)=O)[C@@H]1OC(C)=O. The van der Waals surface area contributed by atoms with Crippen LogP contribution in [0, 0.1) is 0 Å². The number of benzene rings is 1. The normalized spacial score (nSPS) is 31.8. The van der Waals surface area contributed by atoms with Gasteiger partial charge < -0.3 is 23.7 Å². The predicted molar refractivity (Wildman–Crippen MR) is 90.6 cm³/mol. The molecule has 0 N–H and O–H groups in total. The van der Waals surface area contributed by atoms with Gasteiger partial charge in [-0.25, -0.2) is 4.79 Å². The van der Waals surface area contributed by atoms with Gasteiger partial charge in [-0.15, -0.1) is 0 Å². The molecule has 5 atom stereocenters. The summed E-state index contributed by atoms with van der Waals surface area (Å²) in [7, 11) is 1.40. The van der Waals surface area contributed by atoms with Crippen molar-refractivity contribution in [2.45, 2.75) is 56.9 Å². The number of carbonyl (C=O) groups excluding carboxylic acids is 3. The van der Waals surface area contributed by atoms with Gasteiger partial charge in [-0.1, -0.05) is 18.2 Å². The zero-order valence-electron chi connectivity index (χ0n) is 15.4. The second-order valence-electron chi connectivity index (χ2n) is 6.58. The molecule has 1 heterocycles. The monoisotopic (exact) mass is 378 g/mol. The predicted octanol–water partition coefficient (Wildman–Crippen LogP) is 1.61. The van der Waals surface area contributed by atoms with Gasteiger partial charge in [0.15, 0.2) is 18.5 Å². The van der Waals surface area contributed by atoms with E-state index in [-0.39, 0.29) is 0 Å². The first-order valence-electron chi connectivity index (χ1n) is 8.68. The summed E-state index contributed by atoms with van der Waals surface area (Å²) < 4.78 is 27.6. The number of ether oxygens (including phenoxy) is 5. The minimum Gasteiger partial charge on any atom is -0.456 e. The van der Waals surface area contributed by atoms with Crippen molar-refractivity contribution in [1.82, 2.24) is 0 Å². The quantitative estimate of drug-likeness (QED) is 0.563. The number of rotatable bonds is 5. The van der Waals surface area contributed by atoms with Crippen LogP contribution in [0.25, 0.3) is 0 Å². The molecule has 8 nitrogen and oxygen atoms in total. The lowest BCUT2D eigenvalue weighted by atomic mass is 9.72. The van der Waals surface area contributed by atoms with Crippen LogP contribution in [0.4, 0.5) is 0 Å². The topological polar surface area (TPSA) is 97.4 Å². The van der Waals surface area contributed by atoms with Gasteiger partial charge in [0, 0.05) is 21.0 Å². The molecular weight excluding hydrogens is 356 g/mol. The molecule has 1 aromatic rings. The van der Waals surface area contributed by atoms with Gasteiger partial charge in [-0.2, -0.15) is 0 Å². The Morgan fingerprint density at radius 3 is 2.22 bits per heavy atom. The molecule has 146 valence electrons. The Kier molecular flexibility index (Phi) is 5.48. The summed E-state index contributed by atoms with van der Waals surface area (Å²) >= 11 is 0. The molecule has 1 aliphatic carbocycles. The van der Waals surface area contributed by atoms with Crippen molar-refractivity contribution >= 4 is 17.9 Å². The highest BCUT2D eigenvalue weighted by molar-refractivity contribution is 5.89. The third kappa shape index (κ3) is 3.68. The second kappa shape index (κ2) is 7.66.